The molecule has 6 aliphatic rings. The van der Waals surface area contributed by atoms with Crippen LogP contribution in [0.2, 0.25) is 0 Å². The maximum Gasteiger partial charge on any atom is 0.285 e. The number of amides is 4. The van der Waals surface area contributed by atoms with Crippen molar-refractivity contribution in [1.29, 1.82) is 0 Å². The summed E-state index contributed by atoms with van der Waals surface area (Å²) in [6, 6.07) is -1.06. The van der Waals surface area contributed by atoms with E-state index >= 15 is 0 Å². The molecule has 6 fully saturated rings. The fourth-order valence-corrected chi connectivity index (χ4v) is 13.2. The predicted octanol–water partition coefficient (Wildman–Crippen LogP) is 8.68. The molecule has 0 spiro atoms. The maximum atomic E-state index is 14.0. The van der Waals surface area contributed by atoms with Crippen LogP contribution in [0.5, 0.6) is 0 Å². The summed E-state index contributed by atoms with van der Waals surface area (Å²) in [7, 11) is 0. The van der Waals surface area contributed by atoms with Crippen LogP contribution in [0.25, 0.3) is 0 Å². The first-order valence-electron chi connectivity index (χ1n) is 27.2. The van der Waals surface area contributed by atoms with E-state index in [2.05, 4.69) is 27.7 Å². The van der Waals surface area contributed by atoms with Crippen LogP contribution in [0, 0.1) is 63.6 Å². The lowest BCUT2D eigenvalue weighted by atomic mass is 9.84. The van der Waals surface area contributed by atoms with E-state index in [1.807, 2.05) is 27.7 Å². The zero-order chi connectivity index (χ0) is 51.0. The second-order valence-corrected chi connectivity index (χ2v) is 24.9. The van der Waals surface area contributed by atoms with Crippen molar-refractivity contribution in [3.63, 3.8) is 0 Å². The number of nitrogens with zero attached hydrogens (tertiary/aromatic N) is 2. The quantitative estimate of drug-likeness (QED) is 0.233. The molecule has 13 nitrogen and oxygen atoms in total. The van der Waals surface area contributed by atoms with E-state index in [0.717, 1.165) is 96.3 Å². The van der Waals surface area contributed by atoms with Gasteiger partial charge in [0.2, 0.25) is 23.4 Å². The van der Waals surface area contributed by atoms with Gasteiger partial charge in [-0.25, -0.2) is 0 Å². The molecule has 388 valence electrons. The van der Waals surface area contributed by atoms with Crippen LogP contribution in [0.3, 0.4) is 0 Å². The van der Waals surface area contributed by atoms with Crippen molar-refractivity contribution in [1.82, 2.24) is 9.80 Å². The van der Waals surface area contributed by atoms with Gasteiger partial charge in [0.15, 0.2) is 11.6 Å². The lowest BCUT2D eigenvalue weighted by molar-refractivity contribution is -0.145. The normalized spacial score (nSPS) is 32.9. The summed E-state index contributed by atoms with van der Waals surface area (Å²) in [6.07, 6.45) is 19.8. The number of nitrogens with two attached hydrogens (primary N) is 2. The third-order valence-corrected chi connectivity index (χ3v) is 17.5. The Labute approximate surface area is 413 Å². The van der Waals surface area contributed by atoms with Crippen molar-refractivity contribution in [2.75, 3.05) is 13.1 Å². The highest BCUT2D eigenvalue weighted by Gasteiger charge is 2.70. The van der Waals surface area contributed by atoms with E-state index in [4.69, 9.17) is 11.5 Å². The number of fused-ring (bicyclic) bond motifs is 6. The molecule has 4 amide bonds. The summed E-state index contributed by atoms with van der Waals surface area (Å²) in [5.41, 5.74) is 10.5. The number of Topliss-reactive ketones (excluding diaryl/α,β-unsaturated/α-hetero) is 5. The monoisotopic (exact) mass is 963 g/mol. The van der Waals surface area contributed by atoms with Crippen molar-refractivity contribution in [3.8, 4) is 0 Å². The largest absolute Gasteiger partial charge is 0.363 e. The first-order chi connectivity index (χ1) is 32.4. The molecule has 69 heavy (non-hydrogen) atoms. The Morgan fingerprint density at radius 1 is 0.536 bits per heavy atom. The fourth-order valence-electron chi connectivity index (χ4n) is 13.2. The van der Waals surface area contributed by atoms with Gasteiger partial charge in [-0.3, -0.25) is 43.2 Å². The third kappa shape index (κ3) is 14.4. The third-order valence-electron chi connectivity index (χ3n) is 17.5. The van der Waals surface area contributed by atoms with Crippen molar-refractivity contribution < 1.29 is 43.2 Å². The number of rotatable bonds is 7. The molecule has 10 atom stereocenters. The van der Waals surface area contributed by atoms with Crippen LogP contribution in [-0.2, 0) is 43.2 Å². The Kier molecular flexibility index (Phi) is 19.6. The van der Waals surface area contributed by atoms with E-state index in [1.165, 1.54) is 12.8 Å². The molecule has 2 aliphatic carbocycles. The highest BCUT2D eigenvalue weighted by atomic mass is 16.2. The van der Waals surface area contributed by atoms with Crippen LogP contribution in [-0.4, -0.2) is 87.5 Å². The van der Waals surface area contributed by atoms with Crippen molar-refractivity contribution in [3.05, 3.63) is 0 Å². The Morgan fingerprint density at radius 3 is 1.26 bits per heavy atom. The Bertz CT molecular complexity index is 1900. The second-order valence-electron chi connectivity index (χ2n) is 24.9. The molecule has 0 unspecified atom stereocenters. The van der Waals surface area contributed by atoms with Crippen molar-refractivity contribution in [2.45, 2.75) is 222 Å². The SMILES string of the molecule is CC(C)(C)CC(=O)C[C@H]1CCCCCCCCCC[C@@H](C(=O)C(N)=O)CC(=O)[C@@H]2[C@@H]3[C@H](CN2C1=O)C3(C)C.C[C@H]1CCCCCCCCCC[C@@H](C(=O)C(N)=O)CC(=O)[C@@H]2[C@@H]3[C@H](CN2C1=O)C3(C)C. The Hall–Kier alpha value is -3.77. The summed E-state index contributed by atoms with van der Waals surface area (Å²) < 4.78 is 0. The molecular weight excluding hydrogens is 873 g/mol. The van der Waals surface area contributed by atoms with E-state index < -0.39 is 53.2 Å². The molecule has 2 saturated carbocycles. The molecule has 0 aromatic rings. The van der Waals surface area contributed by atoms with Crippen LogP contribution in [0.15, 0.2) is 0 Å². The van der Waals surface area contributed by atoms with Gasteiger partial charge in [0.1, 0.15) is 5.78 Å². The standard InChI is InChI=1S/C31H50N2O5.C25H40N2O4/c1-30(2,3)18-22(34)16-21-15-13-11-9-7-6-8-10-12-14-20(27(36)28(32)37)17-24(35)26-25-23(31(25,4)5)19-33(26)29(21)38;1-16-12-10-8-6-4-5-7-9-11-13-17(22(29)23(26)30)14-19(28)21-20-18(25(20,2)3)15-27(21)24(16)31/h20-21,23,25-26H,6-19H2,1-5H3,(H2,32,37);16-18,20-21H,4-15H2,1-3H3,(H2,26,30)/t20-,21-,23+,25+,26-;16-,17+,18-,20-,21+/m10/s1. The minimum atomic E-state index is -0.991. The smallest absolute Gasteiger partial charge is 0.285 e. The summed E-state index contributed by atoms with van der Waals surface area (Å²) in [5, 5.41) is 0. The topological polar surface area (TPSA) is 212 Å². The van der Waals surface area contributed by atoms with Gasteiger partial charge in [0.05, 0.1) is 12.1 Å². The van der Waals surface area contributed by atoms with Gasteiger partial charge in [-0.2, -0.15) is 0 Å². The molecule has 0 aromatic carbocycles. The van der Waals surface area contributed by atoms with Gasteiger partial charge < -0.3 is 21.3 Å². The molecule has 4 saturated heterocycles. The van der Waals surface area contributed by atoms with Crippen molar-refractivity contribution >= 4 is 52.5 Å². The highest BCUT2D eigenvalue weighted by Crippen LogP contribution is 2.66. The Balaban J connectivity index is 0.000000263. The highest BCUT2D eigenvalue weighted by molar-refractivity contribution is 6.37. The summed E-state index contributed by atoms with van der Waals surface area (Å²) in [4.78, 5) is 119. The van der Waals surface area contributed by atoms with Gasteiger partial charge in [0.25, 0.3) is 11.8 Å². The van der Waals surface area contributed by atoms with Gasteiger partial charge in [-0.05, 0) is 65.6 Å². The lowest BCUT2D eigenvalue weighted by Gasteiger charge is -2.33. The molecule has 0 radical (unpaired) electrons. The zero-order valence-corrected chi connectivity index (χ0v) is 43.9. The lowest BCUT2D eigenvalue weighted by Crippen LogP contribution is -2.49. The van der Waals surface area contributed by atoms with Gasteiger partial charge in [-0.15, -0.1) is 0 Å². The van der Waals surface area contributed by atoms with Crippen LogP contribution < -0.4 is 11.5 Å². The van der Waals surface area contributed by atoms with Gasteiger partial charge in [0, 0.05) is 62.4 Å². The van der Waals surface area contributed by atoms with E-state index in [1.54, 1.807) is 9.80 Å². The molecule has 13 heteroatoms. The summed E-state index contributed by atoms with van der Waals surface area (Å²) in [6.45, 7) is 17.8. The second kappa shape index (κ2) is 24.1. The molecule has 4 aliphatic heterocycles. The first kappa shape index (κ1) is 56.1. The van der Waals surface area contributed by atoms with E-state index in [-0.39, 0.29) is 88.3 Å². The minimum absolute atomic E-state index is 0.0178. The van der Waals surface area contributed by atoms with Crippen LogP contribution in [0.1, 0.15) is 209 Å². The number of ketones is 5. The van der Waals surface area contributed by atoms with E-state index in [0.29, 0.717) is 44.7 Å². The zero-order valence-electron chi connectivity index (χ0n) is 43.9. The number of primary amides is 2. The number of carbonyl (C=O) groups is 9. The fraction of sp³-hybridized carbons (Fsp3) is 0.839. The average molecular weight is 963 g/mol. The van der Waals surface area contributed by atoms with Crippen LogP contribution in [0.4, 0.5) is 0 Å². The Morgan fingerprint density at radius 2 is 0.884 bits per heavy atom. The predicted molar refractivity (Wildman–Crippen MR) is 266 cm³/mol. The minimum Gasteiger partial charge on any atom is -0.363 e. The number of carbonyl (C=O) groups excluding carboxylic acids is 9. The summed E-state index contributed by atoms with van der Waals surface area (Å²) in [5.74, 6) is -4.48. The summed E-state index contributed by atoms with van der Waals surface area (Å²) >= 11 is 0. The molecule has 0 bridgehead atoms. The number of hydrogen-bond acceptors (Lipinski definition) is 9. The van der Waals surface area contributed by atoms with Crippen LogP contribution >= 0.6 is 0 Å². The number of piperidine rings is 2. The van der Waals surface area contributed by atoms with Crippen molar-refractivity contribution in [2.24, 2.45) is 75.1 Å². The molecule has 4 heterocycles. The first-order valence-corrected chi connectivity index (χ1v) is 27.2. The average Bonchev–Trinajstić information content (AvgIpc) is 3.72. The molecular formula is C56H90N4O9. The van der Waals surface area contributed by atoms with Gasteiger partial charge >= 0.3 is 0 Å². The molecule has 4 N–H and O–H groups in total. The number of hydrogen-bond donors (Lipinski definition) is 2. The molecule has 0 aromatic heterocycles. The maximum absolute atomic E-state index is 14.0. The van der Waals surface area contributed by atoms with Gasteiger partial charge in [-0.1, -0.05) is 158 Å². The molecule has 6 rings (SSSR count). The van der Waals surface area contributed by atoms with E-state index in [9.17, 15) is 43.2 Å².